The predicted octanol–water partition coefficient (Wildman–Crippen LogP) is 1.04. The lowest BCUT2D eigenvalue weighted by Crippen LogP contribution is -2.30. The van der Waals surface area contributed by atoms with Crippen LogP contribution >= 0.6 is 0 Å². The van der Waals surface area contributed by atoms with Gasteiger partial charge in [0.05, 0.1) is 6.42 Å². The van der Waals surface area contributed by atoms with Crippen molar-refractivity contribution in [1.82, 2.24) is 5.32 Å². The van der Waals surface area contributed by atoms with Crippen LogP contribution < -0.4 is 16.4 Å². The molecule has 1 unspecified atom stereocenters. The monoisotopic (exact) mass is 263 g/mol. The highest BCUT2D eigenvalue weighted by atomic mass is 16.2. The molecule has 0 saturated heterocycles. The molecule has 0 aliphatic rings. The molecule has 0 saturated carbocycles. The molecule has 0 aliphatic carbocycles. The molecule has 0 spiro atoms. The van der Waals surface area contributed by atoms with E-state index in [4.69, 9.17) is 5.73 Å². The van der Waals surface area contributed by atoms with Gasteiger partial charge in [-0.05, 0) is 25.1 Å². The Hall–Kier alpha value is -1.88. The zero-order valence-electron chi connectivity index (χ0n) is 11.4. The van der Waals surface area contributed by atoms with Gasteiger partial charge >= 0.3 is 0 Å². The third kappa shape index (κ3) is 5.52. The number of anilines is 1. The minimum Gasteiger partial charge on any atom is -0.369 e. The first kappa shape index (κ1) is 15.2. The number of primary amides is 1. The molecule has 0 fully saturated rings. The van der Waals surface area contributed by atoms with Gasteiger partial charge in [-0.2, -0.15) is 0 Å². The molecule has 19 heavy (non-hydrogen) atoms. The number of para-hydroxylation sites is 1. The van der Waals surface area contributed by atoms with E-state index in [0.717, 1.165) is 12.1 Å². The van der Waals surface area contributed by atoms with Crippen LogP contribution in [-0.2, 0) is 16.0 Å². The Morgan fingerprint density at radius 2 is 2.00 bits per heavy atom. The molecule has 0 aliphatic heterocycles. The van der Waals surface area contributed by atoms with Crippen LogP contribution in [0.3, 0.4) is 0 Å². The fourth-order valence-electron chi connectivity index (χ4n) is 1.88. The molecule has 5 heteroatoms. The fourth-order valence-corrected chi connectivity index (χ4v) is 1.88. The van der Waals surface area contributed by atoms with Crippen LogP contribution in [0.2, 0.25) is 0 Å². The zero-order valence-corrected chi connectivity index (χ0v) is 11.4. The molecular weight excluding hydrogens is 242 g/mol. The van der Waals surface area contributed by atoms with Gasteiger partial charge in [-0.3, -0.25) is 9.59 Å². The molecule has 0 radical (unpaired) electrons. The van der Waals surface area contributed by atoms with Gasteiger partial charge in [0, 0.05) is 18.2 Å². The standard InChI is InChI=1S/C14H21N3O2/c1-3-16-10(2)8-14(19)17-12-7-5-4-6-11(12)9-13(15)18/h4-7,10,16H,3,8-9H2,1-2H3,(H2,15,18)(H,17,19). The summed E-state index contributed by atoms with van der Waals surface area (Å²) in [5.41, 5.74) is 6.57. The Morgan fingerprint density at radius 3 is 2.63 bits per heavy atom. The van der Waals surface area contributed by atoms with Crippen molar-refractivity contribution in [3.05, 3.63) is 29.8 Å². The number of nitrogens with two attached hydrogens (primary N) is 1. The van der Waals surface area contributed by atoms with Crippen LogP contribution in [-0.4, -0.2) is 24.4 Å². The molecule has 1 aromatic rings. The first-order chi connectivity index (χ1) is 9.02. The normalized spacial score (nSPS) is 11.9. The van der Waals surface area contributed by atoms with Crippen molar-refractivity contribution < 1.29 is 9.59 Å². The van der Waals surface area contributed by atoms with Crippen LogP contribution in [0.4, 0.5) is 5.69 Å². The van der Waals surface area contributed by atoms with Crippen molar-refractivity contribution in [2.75, 3.05) is 11.9 Å². The van der Waals surface area contributed by atoms with Crippen LogP contribution in [0.1, 0.15) is 25.8 Å². The van der Waals surface area contributed by atoms with E-state index in [1.165, 1.54) is 0 Å². The first-order valence-electron chi connectivity index (χ1n) is 6.42. The second-order valence-corrected chi connectivity index (χ2v) is 4.51. The smallest absolute Gasteiger partial charge is 0.225 e. The lowest BCUT2D eigenvalue weighted by molar-refractivity contribution is -0.118. The molecule has 1 rings (SSSR count). The van der Waals surface area contributed by atoms with Gasteiger partial charge < -0.3 is 16.4 Å². The second-order valence-electron chi connectivity index (χ2n) is 4.51. The third-order valence-corrected chi connectivity index (χ3v) is 2.70. The lowest BCUT2D eigenvalue weighted by atomic mass is 10.1. The Labute approximate surface area is 113 Å². The van der Waals surface area contributed by atoms with E-state index in [1.54, 1.807) is 12.1 Å². The molecule has 0 bridgehead atoms. The van der Waals surface area contributed by atoms with Gasteiger partial charge in [0.25, 0.3) is 0 Å². The maximum atomic E-state index is 11.9. The molecule has 0 aromatic heterocycles. The third-order valence-electron chi connectivity index (χ3n) is 2.70. The number of rotatable bonds is 7. The summed E-state index contributed by atoms with van der Waals surface area (Å²) in [6, 6.07) is 7.30. The number of amides is 2. The summed E-state index contributed by atoms with van der Waals surface area (Å²) in [5, 5.41) is 5.99. The van der Waals surface area contributed by atoms with Crippen LogP contribution in [0.15, 0.2) is 24.3 Å². The summed E-state index contributed by atoms with van der Waals surface area (Å²) in [6.07, 6.45) is 0.512. The maximum absolute atomic E-state index is 11.9. The molecule has 2 amide bonds. The van der Waals surface area contributed by atoms with E-state index >= 15 is 0 Å². The SMILES string of the molecule is CCNC(C)CC(=O)Nc1ccccc1CC(N)=O. The van der Waals surface area contributed by atoms with Gasteiger partial charge in [-0.15, -0.1) is 0 Å². The van der Waals surface area contributed by atoms with Gasteiger partial charge in [0.1, 0.15) is 0 Å². The molecule has 104 valence electrons. The summed E-state index contributed by atoms with van der Waals surface area (Å²) in [6.45, 7) is 4.78. The van der Waals surface area contributed by atoms with E-state index in [1.807, 2.05) is 26.0 Å². The Bertz CT molecular complexity index is 446. The van der Waals surface area contributed by atoms with E-state index in [2.05, 4.69) is 10.6 Å². The average molecular weight is 263 g/mol. The quantitative estimate of drug-likeness (QED) is 0.687. The van der Waals surface area contributed by atoms with Gasteiger partial charge in [0.15, 0.2) is 0 Å². The molecule has 0 heterocycles. The van der Waals surface area contributed by atoms with Crippen LogP contribution in [0.5, 0.6) is 0 Å². The fraction of sp³-hybridized carbons (Fsp3) is 0.429. The predicted molar refractivity (Wildman–Crippen MR) is 75.7 cm³/mol. The van der Waals surface area contributed by atoms with Gasteiger partial charge in [-0.25, -0.2) is 0 Å². The van der Waals surface area contributed by atoms with Crippen molar-refractivity contribution in [3.8, 4) is 0 Å². The molecule has 1 atom stereocenters. The summed E-state index contributed by atoms with van der Waals surface area (Å²) < 4.78 is 0. The van der Waals surface area contributed by atoms with E-state index in [0.29, 0.717) is 12.1 Å². The summed E-state index contributed by atoms with van der Waals surface area (Å²) in [7, 11) is 0. The van der Waals surface area contributed by atoms with Crippen molar-refractivity contribution in [2.45, 2.75) is 32.7 Å². The zero-order chi connectivity index (χ0) is 14.3. The molecule has 5 nitrogen and oxygen atoms in total. The molecule has 4 N–H and O–H groups in total. The maximum Gasteiger partial charge on any atom is 0.225 e. The minimum absolute atomic E-state index is 0.0784. The van der Waals surface area contributed by atoms with Crippen molar-refractivity contribution in [3.63, 3.8) is 0 Å². The number of nitrogens with one attached hydrogen (secondary N) is 2. The van der Waals surface area contributed by atoms with E-state index in [-0.39, 0.29) is 18.4 Å². The Balaban J connectivity index is 2.65. The van der Waals surface area contributed by atoms with Crippen molar-refractivity contribution in [1.29, 1.82) is 0 Å². The van der Waals surface area contributed by atoms with Crippen molar-refractivity contribution in [2.24, 2.45) is 5.73 Å². The highest BCUT2D eigenvalue weighted by Gasteiger charge is 2.11. The van der Waals surface area contributed by atoms with Crippen LogP contribution in [0.25, 0.3) is 0 Å². The summed E-state index contributed by atoms with van der Waals surface area (Å²) in [4.78, 5) is 22.8. The van der Waals surface area contributed by atoms with E-state index < -0.39 is 5.91 Å². The minimum atomic E-state index is -0.414. The van der Waals surface area contributed by atoms with E-state index in [9.17, 15) is 9.59 Å². The number of hydrogen-bond acceptors (Lipinski definition) is 3. The summed E-state index contributed by atoms with van der Waals surface area (Å²) in [5.74, 6) is -0.493. The van der Waals surface area contributed by atoms with Crippen LogP contribution in [0, 0.1) is 0 Å². The average Bonchev–Trinajstić information content (AvgIpc) is 2.31. The second kappa shape index (κ2) is 7.53. The topological polar surface area (TPSA) is 84.2 Å². The largest absolute Gasteiger partial charge is 0.369 e. The highest BCUT2D eigenvalue weighted by Crippen LogP contribution is 2.15. The Morgan fingerprint density at radius 1 is 1.32 bits per heavy atom. The lowest BCUT2D eigenvalue weighted by Gasteiger charge is -2.14. The van der Waals surface area contributed by atoms with Crippen molar-refractivity contribution >= 4 is 17.5 Å². The van der Waals surface area contributed by atoms with Gasteiger partial charge in [0.2, 0.25) is 11.8 Å². The first-order valence-corrected chi connectivity index (χ1v) is 6.42. The number of hydrogen-bond donors (Lipinski definition) is 3. The van der Waals surface area contributed by atoms with Gasteiger partial charge in [-0.1, -0.05) is 25.1 Å². The Kier molecular flexibility index (Phi) is 6.02. The number of carbonyl (C=O) groups excluding carboxylic acids is 2. The number of benzene rings is 1. The molecule has 1 aromatic carbocycles. The highest BCUT2D eigenvalue weighted by molar-refractivity contribution is 5.92. The summed E-state index contributed by atoms with van der Waals surface area (Å²) >= 11 is 0. The number of carbonyl (C=O) groups is 2. The molecular formula is C14H21N3O2.